The van der Waals surface area contributed by atoms with Crippen LogP contribution in [-0.2, 0) is 6.42 Å². The Kier molecular flexibility index (Phi) is 4.37. The summed E-state index contributed by atoms with van der Waals surface area (Å²) in [6.45, 7) is 0. The molecular formula is C14H19ClN6. The van der Waals surface area contributed by atoms with E-state index < -0.39 is 0 Å². The molecule has 0 saturated carbocycles. The molecule has 0 aliphatic heterocycles. The van der Waals surface area contributed by atoms with Gasteiger partial charge in [0.2, 0.25) is 5.95 Å². The Morgan fingerprint density at radius 3 is 2.57 bits per heavy atom. The van der Waals surface area contributed by atoms with E-state index in [-0.39, 0.29) is 5.95 Å². The SMILES string of the molecule is CNc1cc(Cc2cnc(N)nc2N)cc(N(C)C)c1Cl. The average Bonchev–Trinajstić information content (AvgIpc) is 2.43. The van der Waals surface area contributed by atoms with E-state index in [4.69, 9.17) is 23.1 Å². The van der Waals surface area contributed by atoms with E-state index >= 15 is 0 Å². The van der Waals surface area contributed by atoms with Crippen LogP contribution in [0.15, 0.2) is 18.3 Å². The third kappa shape index (κ3) is 3.28. The molecule has 112 valence electrons. The highest BCUT2D eigenvalue weighted by Gasteiger charge is 2.12. The number of aromatic nitrogens is 2. The number of hydrogen-bond acceptors (Lipinski definition) is 6. The van der Waals surface area contributed by atoms with Crippen LogP contribution in [0.25, 0.3) is 0 Å². The van der Waals surface area contributed by atoms with Gasteiger partial charge in [-0.15, -0.1) is 0 Å². The Balaban J connectivity index is 2.42. The van der Waals surface area contributed by atoms with Gasteiger partial charge in [-0.25, -0.2) is 4.98 Å². The summed E-state index contributed by atoms with van der Waals surface area (Å²) in [6.07, 6.45) is 2.26. The second-order valence-electron chi connectivity index (χ2n) is 4.94. The fraction of sp³-hybridized carbons (Fsp3) is 0.286. The molecule has 0 spiro atoms. The Morgan fingerprint density at radius 2 is 2.00 bits per heavy atom. The van der Waals surface area contributed by atoms with Gasteiger partial charge in [0.1, 0.15) is 5.82 Å². The van der Waals surface area contributed by atoms with E-state index in [0.717, 1.165) is 22.5 Å². The zero-order valence-electron chi connectivity index (χ0n) is 12.3. The molecule has 1 aromatic carbocycles. The monoisotopic (exact) mass is 306 g/mol. The fourth-order valence-electron chi connectivity index (χ4n) is 2.07. The number of halogens is 1. The molecule has 0 amide bonds. The summed E-state index contributed by atoms with van der Waals surface area (Å²) in [6, 6.07) is 4.02. The molecule has 1 aromatic heterocycles. The van der Waals surface area contributed by atoms with E-state index in [0.29, 0.717) is 17.3 Å². The van der Waals surface area contributed by atoms with Gasteiger partial charge in [0.05, 0.1) is 16.4 Å². The number of benzene rings is 1. The molecular weight excluding hydrogens is 288 g/mol. The van der Waals surface area contributed by atoms with Crippen LogP contribution in [-0.4, -0.2) is 31.1 Å². The van der Waals surface area contributed by atoms with Gasteiger partial charge in [-0.05, 0) is 17.7 Å². The molecule has 0 fully saturated rings. The lowest BCUT2D eigenvalue weighted by atomic mass is 10.0. The molecule has 7 heteroatoms. The molecule has 0 saturated heterocycles. The van der Waals surface area contributed by atoms with Crippen molar-refractivity contribution in [3.63, 3.8) is 0 Å². The first-order valence-corrected chi connectivity index (χ1v) is 6.84. The van der Waals surface area contributed by atoms with Crippen LogP contribution in [0.5, 0.6) is 0 Å². The first-order chi connectivity index (χ1) is 9.92. The highest BCUT2D eigenvalue weighted by atomic mass is 35.5. The van der Waals surface area contributed by atoms with Crippen molar-refractivity contribution in [1.29, 1.82) is 0 Å². The summed E-state index contributed by atoms with van der Waals surface area (Å²) in [7, 11) is 5.74. The summed E-state index contributed by atoms with van der Waals surface area (Å²) < 4.78 is 0. The molecule has 6 nitrogen and oxygen atoms in total. The lowest BCUT2D eigenvalue weighted by Gasteiger charge is -2.19. The minimum Gasteiger partial charge on any atom is -0.387 e. The summed E-state index contributed by atoms with van der Waals surface area (Å²) in [5.41, 5.74) is 15.1. The fourth-order valence-corrected chi connectivity index (χ4v) is 2.44. The number of nitrogens with two attached hydrogens (primary N) is 2. The van der Waals surface area contributed by atoms with E-state index in [2.05, 4.69) is 15.3 Å². The van der Waals surface area contributed by atoms with Gasteiger partial charge in [0.25, 0.3) is 0 Å². The van der Waals surface area contributed by atoms with Gasteiger partial charge < -0.3 is 21.7 Å². The van der Waals surface area contributed by atoms with Crippen LogP contribution in [0.3, 0.4) is 0 Å². The van der Waals surface area contributed by atoms with Crippen molar-refractivity contribution < 1.29 is 0 Å². The molecule has 5 N–H and O–H groups in total. The van der Waals surface area contributed by atoms with Crippen LogP contribution < -0.4 is 21.7 Å². The second kappa shape index (κ2) is 6.05. The van der Waals surface area contributed by atoms with Gasteiger partial charge in [0, 0.05) is 39.3 Å². The Hall–Kier alpha value is -2.21. The van der Waals surface area contributed by atoms with Crippen LogP contribution >= 0.6 is 11.6 Å². The third-order valence-electron chi connectivity index (χ3n) is 3.18. The smallest absolute Gasteiger partial charge is 0.221 e. The van der Waals surface area contributed by atoms with Crippen LogP contribution in [0.4, 0.5) is 23.1 Å². The largest absolute Gasteiger partial charge is 0.387 e. The number of nitrogens with one attached hydrogen (secondary N) is 1. The molecule has 1 heterocycles. The normalized spacial score (nSPS) is 10.5. The summed E-state index contributed by atoms with van der Waals surface area (Å²) in [5.74, 6) is 0.576. The molecule has 0 aliphatic carbocycles. The minimum absolute atomic E-state index is 0.178. The Bertz CT molecular complexity index is 656. The van der Waals surface area contributed by atoms with Crippen molar-refractivity contribution in [2.45, 2.75) is 6.42 Å². The predicted octanol–water partition coefficient (Wildman–Crippen LogP) is 1.99. The van der Waals surface area contributed by atoms with Crippen molar-refractivity contribution in [2.75, 3.05) is 42.8 Å². The maximum atomic E-state index is 6.36. The zero-order chi connectivity index (χ0) is 15.6. The second-order valence-corrected chi connectivity index (χ2v) is 5.31. The molecule has 2 rings (SSSR count). The lowest BCUT2D eigenvalue weighted by Crippen LogP contribution is -2.11. The zero-order valence-corrected chi connectivity index (χ0v) is 13.1. The number of nitrogen functional groups attached to an aromatic ring is 2. The van der Waals surface area contributed by atoms with Gasteiger partial charge in [-0.3, -0.25) is 0 Å². The molecule has 0 atom stereocenters. The average molecular weight is 307 g/mol. The van der Waals surface area contributed by atoms with Crippen LogP contribution in [0.1, 0.15) is 11.1 Å². The highest BCUT2D eigenvalue weighted by molar-refractivity contribution is 6.36. The first kappa shape index (κ1) is 15.2. The van der Waals surface area contributed by atoms with E-state index in [1.165, 1.54) is 0 Å². The van der Waals surface area contributed by atoms with Crippen molar-refractivity contribution >= 4 is 34.7 Å². The standard InChI is InChI=1S/C14H19ClN6/c1-18-10-5-8(6-11(12(10)15)21(2)3)4-9-7-19-14(17)20-13(9)16/h5-7,18H,4H2,1-3H3,(H4,16,17,19,20). The maximum absolute atomic E-state index is 6.36. The van der Waals surface area contributed by atoms with Crippen molar-refractivity contribution in [3.8, 4) is 0 Å². The lowest BCUT2D eigenvalue weighted by molar-refractivity contribution is 1.08. The van der Waals surface area contributed by atoms with E-state index in [1.54, 1.807) is 6.20 Å². The third-order valence-corrected chi connectivity index (χ3v) is 3.57. The minimum atomic E-state index is 0.178. The van der Waals surface area contributed by atoms with Gasteiger partial charge in [0.15, 0.2) is 0 Å². The van der Waals surface area contributed by atoms with Gasteiger partial charge in [-0.2, -0.15) is 4.98 Å². The molecule has 0 aliphatic rings. The topological polar surface area (TPSA) is 93.1 Å². The number of nitrogens with zero attached hydrogens (tertiary/aromatic N) is 3. The summed E-state index contributed by atoms with van der Waals surface area (Å²) in [4.78, 5) is 9.94. The Labute approximate surface area is 129 Å². The molecule has 21 heavy (non-hydrogen) atoms. The number of hydrogen-bond donors (Lipinski definition) is 3. The Morgan fingerprint density at radius 1 is 1.29 bits per heavy atom. The maximum Gasteiger partial charge on any atom is 0.221 e. The summed E-state index contributed by atoms with van der Waals surface area (Å²) >= 11 is 6.36. The molecule has 0 bridgehead atoms. The first-order valence-electron chi connectivity index (χ1n) is 6.46. The number of anilines is 4. The van der Waals surface area contributed by atoms with E-state index in [9.17, 15) is 0 Å². The van der Waals surface area contributed by atoms with E-state index in [1.807, 2.05) is 38.2 Å². The quantitative estimate of drug-likeness (QED) is 0.800. The highest BCUT2D eigenvalue weighted by Crippen LogP contribution is 2.34. The molecule has 0 radical (unpaired) electrons. The van der Waals surface area contributed by atoms with Crippen LogP contribution in [0.2, 0.25) is 5.02 Å². The van der Waals surface area contributed by atoms with Crippen molar-refractivity contribution in [2.24, 2.45) is 0 Å². The summed E-state index contributed by atoms with van der Waals surface area (Å²) in [5, 5.41) is 3.79. The van der Waals surface area contributed by atoms with Crippen molar-refractivity contribution in [1.82, 2.24) is 9.97 Å². The van der Waals surface area contributed by atoms with Gasteiger partial charge >= 0.3 is 0 Å². The van der Waals surface area contributed by atoms with Gasteiger partial charge in [-0.1, -0.05) is 11.6 Å². The molecule has 2 aromatic rings. The molecule has 0 unspecified atom stereocenters. The van der Waals surface area contributed by atoms with Crippen LogP contribution in [0, 0.1) is 0 Å². The number of rotatable bonds is 4. The predicted molar refractivity (Wildman–Crippen MR) is 89.0 cm³/mol. The van der Waals surface area contributed by atoms with Crippen molar-refractivity contribution in [3.05, 3.63) is 34.5 Å².